The summed E-state index contributed by atoms with van der Waals surface area (Å²) in [7, 11) is 0. The minimum Gasteiger partial charge on any atom is -0.487 e. The third-order valence-corrected chi connectivity index (χ3v) is 7.03. The molecule has 3 aliphatic rings. The Morgan fingerprint density at radius 1 is 1.14 bits per heavy atom. The zero-order valence-electron chi connectivity index (χ0n) is 21.5. The summed E-state index contributed by atoms with van der Waals surface area (Å²) in [4.78, 5) is 34.0. The van der Waals surface area contributed by atoms with Crippen molar-refractivity contribution in [3.05, 3.63) is 40.8 Å². The number of rotatable bonds is 5. The molecule has 8 nitrogen and oxygen atoms in total. The third kappa shape index (κ3) is 6.24. The highest BCUT2D eigenvalue weighted by Crippen LogP contribution is 2.26. The van der Waals surface area contributed by atoms with Crippen molar-refractivity contribution in [2.24, 2.45) is 10.7 Å². The standard InChI is InChI=1S/C27H37FN4O4/c1-17-7-8-22(28)24(13-17)36-20-9-11-31(12-10-20)25(33)14-30-23-6-4-5-21(23)26(29)27(34)32-15-18(2)35-19(3)16-32/h7-8,13,18-20H,4-6,9-12,14-16,29H2,1-3H3/t18-,19+. The van der Waals surface area contributed by atoms with Gasteiger partial charge in [-0.25, -0.2) is 4.39 Å². The van der Waals surface area contributed by atoms with Gasteiger partial charge in [0.05, 0.1) is 12.2 Å². The van der Waals surface area contributed by atoms with Crippen LogP contribution in [0.3, 0.4) is 0 Å². The maximum Gasteiger partial charge on any atom is 0.270 e. The van der Waals surface area contributed by atoms with Crippen molar-refractivity contribution in [1.82, 2.24) is 9.80 Å². The van der Waals surface area contributed by atoms with E-state index in [2.05, 4.69) is 4.99 Å². The lowest BCUT2D eigenvalue weighted by molar-refractivity contribution is -0.139. The molecule has 1 aromatic rings. The molecule has 196 valence electrons. The Balaban J connectivity index is 1.32. The van der Waals surface area contributed by atoms with Gasteiger partial charge in [0.25, 0.3) is 5.91 Å². The van der Waals surface area contributed by atoms with Gasteiger partial charge in [-0.3, -0.25) is 14.6 Å². The highest BCUT2D eigenvalue weighted by Gasteiger charge is 2.30. The van der Waals surface area contributed by atoms with Gasteiger partial charge >= 0.3 is 0 Å². The number of nitrogens with two attached hydrogens (primary N) is 1. The fourth-order valence-corrected chi connectivity index (χ4v) is 5.20. The number of carbonyl (C=O) groups is 2. The molecule has 36 heavy (non-hydrogen) atoms. The second-order valence-corrected chi connectivity index (χ2v) is 10.1. The van der Waals surface area contributed by atoms with Crippen molar-refractivity contribution in [3.8, 4) is 5.75 Å². The van der Waals surface area contributed by atoms with E-state index in [1.165, 1.54) is 6.07 Å². The van der Waals surface area contributed by atoms with Gasteiger partial charge in [0, 0.05) is 50.3 Å². The predicted octanol–water partition coefficient (Wildman–Crippen LogP) is 2.98. The van der Waals surface area contributed by atoms with E-state index in [0.717, 1.165) is 23.3 Å². The van der Waals surface area contributed by atoms with Crippen LogP contribution in [-0.4, -0.2) is 78.4 Å². The quantitative estimate of drug-likeness (QED) is 0.627. The van der Waals surface area contributed by atoms with Crippen LogP contribution in [0.25, 0.3) is 0 Å². The Morgan fingerprint density at radius 3 is 2.53 bits per heavy atom. The molecule has 4 rings (SSSR count). The number of aliphatic imine (C=N–C) groups is 1. The third-order valence-electron chi connectivity index (χ3n) is 7.03. The summed E-state index contributed by atoms with van der Waals surface area (Å²) in [6.07, 6.45) is 3.35. The molecular formula is C27H37FN4O4. The highest BCUT2D eigenvalue weighted by molar-refractivity contribution is 6.09. The molecule has 3 fully saturated rings. The van der Waals surface area contributed by atoms with Crippen molar-refractivity contribution in [2.45, 2.75) is 71.2 Å². The molecule has 2 N–H and O–H groups in total. The number of allylic oxidation sites excluding steroid dienone is 1. The number of amides is 2. The first-order valence-corrected chi connectivity index (χ1v) is 12.9. The summed E-state index contributed by atoms with van der Waals surface area (Å²) in [5, 5.41) is 0. The van der Waals surface area contributed by atoms with Crippen molar-refractivity contribution >= 4 is 17.5 Å². The number of piperidine rings is 1. The van der Waals surface area contributed by atoms with E-state index in [1.807, 2.05) is 20.8 Å². The summed E-state index contributed by atoms with van der Waals surface area (Å²) < 4.78 is 25.6. The predicted molar refractivity (Wildman–Crippen MR) is 135 cm³/mol. The Kier molecular flexibility index (Phi) is 8.28. The van der Waals surface area contributed by atoms with Crippen LogP contribution >= 0.6 is 0 Å². The molecule has 0 aromatic heterocycles. The number of hydrogen-bond acceptors (Lipinski definition) is 6. The SMILES string of the molecule is Cc1ccc(F)c(OC2CCN(C(=O)CN=C3CCCC3=C(N)C(=O)N3C[C@@H](C)O[C@@H](C)C3)CC2)c1. The molecule has 2 aliphatic heterocycles. The molecule has 2 heterocycles. The number of carbonyl (C=O) groups excluding carboxylic acids is 2. The molecule has 1 aromatic carbocycles. The highest BCUT2D eigenvalue weighted by atomic mass is 19.1. The second kappa shape index (κ2) is 11.4. The minimum atomic E-state index is -0.370. The molecule has 2 saturated heterocycles. The minimum absolute atomic E-state index is 0.0317. The number of morpholine rings is 1. The monoisotopic (exact) mass is 500 g/mol. The van der Waals surface area contributed by atoms with Crippen molar-refractivity contribution < 1.29 is 23.5 Å². The van der Waals surface area contributed by atoms with Gasteiger partial charge in [-0.15, -0.1) is 0 Å². The van der Waals surface area contributed by atoms with E-state index < -0.39 is 0 Å². The van der Waals surface area contributed by atoms with Gasteiger partial charge in [-0.05, 0) is 57.7 Å². The molecule has 2 amide bonds. The molecule has 0 radical (unpaired) electrons. The molecule has 0 unspecified atom stereocenters. The summed E-state index contributed by atoms with van der Waals surface area (Å²) in [5.74, 6) is -0.347. The molecule has 2 atom stereocenters. The summed E-state index contributed by atoms with van der Waals surface area (Å²) in [5.41, 5.74) is 9.02. The van der Waals surface area contributed by atoms with E-state index in [1.54, 1.807) is 21.9 Å². The van der Waals surface area contributed by atoms with Crippen LogP contribution in [-0.2, 0) is 14.3 Å². The van der Waals surface area contributed by atoms with Crippen LogP contribution in [0.4, 0.5) is 4.39 Å². The molecule has 0 bridgehead atoms. The Bertz CT molecular complexity index is 1040. The van der Waals surface area contributed by atoms with Gasteiger partial charge in [0.1, 0.15) is 18.3 Å². The largest absolute Gasteiger partial charge is 0.487 e. The first-order chi connectivity index (χ1) is 17.2. The van der Waals surface area contributed by atoms with Crippen LogP contribution in [0.1, 0.15) is 51.5 Å². The Hall–Kier alpha value is -2.94. The number of halogens is 1. The topological polar surface area (TPSA) is 97.5 Å². The summed E-state index contributed by atoms with van der Waals surface area (Å²) in [6.45, 7) is 7.93. The van der Waals surface area contributed by atoms with Gasteiger partial charge in [-0.2, -0.15) is 0 Å². The first-order valence-electron chi connectivity index (χ1n) is 12.9. The Morgan fingerprint density at radius 2 is 1.83 bits per heavy atom. The maximum atomic E-state index is 14.0. The van der Waals surface area contributed by atoms with Crippen molar-refractivity contribution in [2.75, 3.05) is 32.7 Å². The summed E-state index contributed by atoms with van der Waals surface area (Å²) >= 11 is 0. The average molecular weight is 501 g/mol. The molecule has 1 aliphatic carbocycles. The van der Waals surface area contributed by atoms with Crippen LogP contribution in [0, 0.1) is 12.7 Å². The van der Waals surface area contributed by atoms with Gasteiger partial charge in [-0.1, -0.05) is 6.07 Å². The smallest absolute Gasteiger partial charge is 0.270 e. The average Bonchev–Trinajstić information content (AvgIpc) is 3.32. The van der Waals surface area contributed by atoms with Crippen LogP contribution in [0.5, 0.6) is 5.75 Å². The van der Waals surface area contributed by atoms with Crippen molar-refractivity contribution in [1.29, 1.82) is 0 Å². The van der Waals surface area contributed by atoms with Gasteiger partial charge < -0.3 is 25.0 Å². The normalized spacial score (nSPS) is 25.8. The maximum absolute atomic E-state index is 14.0. The van der Waals surface area contributed by atoms with E-state index in [0.29, 0.717) is 51.9 Å². The lowest BCUT2D eigenvalue weighted by Crippen LogP contribution is -2.49. The lowest BCUT2D eigenvalue weighted by Gasteiger charge is -2.35. The molecule has 9 heteroatoms. The van der Waals surface area contributed by atoms with Crippen molar-refractivity contribution in [3.63, 3.8) is 0 Å². The first kappa shape index (κ1) is 26.1. The zero-order valence-corrected chi connectivity index (χ0v) is 21.5. The van der Waals surface area contributed by atoms with E-state index in [-0.39, 0.29) is 53.9 Å². The number of likely N-dealkylation sites (tertiary alicyclic amines) is 1. The number of benzene rings is 1. The number of aryl methyl sites for hydroxylation is 1. The fourth-order valence-electron chi connectivity index (χ4n) is 5.20. The number of ether oxygens (including phenoxy) is 2. The van der Waals surface area contributed by atoms with Crippen LogP contribution in [0.15, 0.2) is 34.5 Å². The van der Waals surface area contributed by atoms with Crippen LogP contribution in [0.2, 0.25) is 0 Å². The number of hydrogen-bond donors (Lipinski definition) is 1. The second-order valence-electron chi connectivity index (χ2n) is 10.1. The fraction of sp³-hybridized carbons (Fsp3) is 0.593. The lowest BCUT2D eigenvalue weighted by atomic mass is 10.1. The molecule has 0 spiro atoms. The molecule has 1 saturated carbocycles. The molecular weight excluding hydrogens is 463 g/mol. The van der Waals surface area contributed by atoms with E-state index >= 15 is 0 Å². The van der Waals surface area contributed by atoms with Gasteiger partial charge in [0.15, 0.2) is 11.6 Å². The Labute approximate surface area is 212 Å². The summed E-state index contributed by atoms with van der Waals surface area (Å²) in [6, 6.07) is 4.83. The zero-order chi connectivity index (χ0) is 25.8. The van der Waals surface area contributed by atoms with Gasteiger partial charge in [0.2, 0.25) is 5.91 Å². The van der Waals surface area contributed by atoms with E-state index in [4.69, 9.17) is 15.2 Å². The van der Waals surface area contributed by atoms with E-state index in [9.17, 15) is 14.0 Å². The van der Waals surface area contributed by atoms with Crippen LogP contribution < -0.4 is 10.5 Å². The number of nitrogens with zero attached hydrogens (tertiary/aromatic N) is 3.